The van der Waals surface area contributed by atoms with E-state index in [9.17, 15) is 4.39 Å². The van der Waals surface area contributed by atoms with Crippen molar-refractivity contribution >= 4 is 0 Å². The van der Waals surface area contributed by atoms with Gasteiger partial charge in [-0.3, -0.25) is 4.98 Å². The van der Waals surface area contributed by atoms with Gasteiger partial charge in [0, 0.05) is 17.7 Å². The van der Waals surface area contributed by atoms with Crippen molar-refractivity contribution in [1.82, 2.24) is 4.98 Å². The van der Waals surface area contributed by atoms with E-state index >= 15 is 0 Å². The highest BCUT2D eigenvalue weighted by molar-refractivity contribution is 5.61. The molecule has 1 heterocycles. The van der Waals surface area contributed by atoms with E-state index in [0.717, 1.165) is 5.56 Å². The second kappa shape index (κ2) is 5.60. The molecule has 1 aromatic carbocycles. The van der Waals surface area contributed by atoms with Gasteiger partial charge in [0.1, 0.15) is 11.6 Å². The SMILES string of the molecule is CCOc1cnc(-c2ccccc2F)cc1CN. The predicted molar refractivity (Wildman–Crippen MR) is 68.7 cm³/mol. The number of rotatable bonds is 4. The molecular formula is C14H15FN2O. The highest BCUT2D eigenvalue weighted by atomic mass is 19.1. The first-order valence-electron chi connectivity index (χ1n) is 5.83. The molecule has 18 heavy (non-hydrogen) atoms. The van der Waals surface area contributed by atoms with Crippen LogP contribution in [0, 0.1) is 5.82 Å². The number of ether oxygens (including phenoxy) is 1. The Labute approximate surface area is 105 Å². The van der Waals surface area contributed by atoms with Crippen molar-refractivity contribution in [3.05, 3.63) is 47.9 Å². The van der Waals surface area contributed by atoms with Gasteiger partial charge < -0.3 is 10.5 Å². The standard InChI is InChI=1S/C14H15FN2O/c1-2-18-14-9-17-13(7-10(14)8-16)11-5-3-4-6-12(11)15/h3-7,9H,2,8,16H2,1H3. The molecule has 0 saturated heterocycles. The third-order valence-corrected chi connectivity index (χ3v) is 2.62. The zero-order valence-corrected chi connectivity index (χ0v) is 10.2. The number of hydrogen-bond acceptors (Lipinski definition) is 3. The lowest BCUT2D eigenvalue weighted by Gasteiger charge is -2.10. The van der Waals surface area contributed by atoms with Gasteiger partial charge in [0.2, 0.25) is 0 Å². The van der Waals surface area contributed by atoms with Gasteiger partial charge in [0.25, 0.3) is 0 Å². The molecular weight excluding hydrogens is 231 g/mol. The Balaban J connectivity index is 2.44. The molecule has 2 N–H and O–H groups in total. The van der Waals surface area contributed by atoms with Gasteiger partial charge in [-0.2, -0.15) is 0 Å². The van der Waals surface area contributed by atoms with E-state index in [-0.39, 0.29) is 5.82 Å². The molecule has 0 spiro atoms. The zero-order chi connectivity index (χ0) is 13.0. The Morgan fingerprint density at radius 1 is 1.33 bits per heavy atom. The lowest BCUT2D eigenvalue weighted by molar-refractivity contribution is 0.335. The van der Waals surface area contributed by atoms with Gasteiger partial charge in [0.05, 0.1) is 18.5 Å². The van der Waals surface area contributed by atoms with Crippen LogP contribution in [0.5, 0.6) is 5.75 Å². The van der Waals surface area contributed by atoms with Crippen LogP contribution in [-0.2, 0) is 6.54 Å². The summed E-state index contributed by atoms with van der Waals surface area (Å²) in [6.07, 6.45) is 1.59. The molecule has 0 aliphatic rings. The number of nitrogens with two attached hydrogens (primary N) is 1. The van der Waals surface area contributed by atoms with Crippen molar-refractivity contribution in [1.29, 1.82) is 0 Å². The minimum atomic E-state index is -0.294. The summed E-state index contributed by atoms with van der Waals surface area (Å²) in [6, 6.07) is 8.30. The molecule has 0 fully saturated rings. The summed E-state index contributed by atoms with van der Waals surface area (Å²) in [6.45, 7) is 2.78. The fourth-order valence-corrected chi connectivity index (χ4v) is 1.75. The summed E-state index contributed by atoms with van der Waals surface area (Å²) in [5.74, 6) is 0.359. The van der Waals surface area contributed by atoms with Crippen molar-refractivity contribution < 1.29 is 9.13 Å². The number of benzene rings is 1. The second-order valence-electron chi connectivity index (χ2n) is 3.79. The van der Waals surface area contributed by atoms with Crippen molar-refractivity contribution in [2.75, 3.05) is 6.61 Å². The Kier molecular flexibility index (Phi) is 3.89. The van der Waals surface area contributed by atoms with E-state index in [0.29, 0.717) is 30.2 Å². The predicted octanol–water partition coefficient (Wildman–Crippen LogP) is 2.75. The van der Waals surface area contributed by atoms with Gasteiger partial charge >= 0.3 is 0 Å². The first kappa shape index (κ1) is 12.5. The molecule has 2 rings (SSSR count). The van der Waals surface area contributed by atoms with Crippen LogP contribution in [0.1, 0.15) is 12.5 Å². The molecule has 0 unspecified atom stereocenters. The van der Waals surface area contributed by atoms with E-state index in [1.807, 2.05) is 6.92 Å². The molecule has 2 aromatic rings. The van der Waals surface area contributed by atoms with Crippen molar-refractivity contribution in [3.8, 4) is 17.0 Å². The molecule has 3 nitrogen and oxygen atoms in total. The van der Waals surface area contributed by atoms with E-state index < -0.39 is 0 Å². The van der Waals surface area contributed by atoms with E-state index in [1.165, 1.54) is 6.07 Å². The summed E-state index contributed by atoms with van der Waals surface area (Å²) < 4.78 is 19.1. The molecule has 94 valence electrons. The average molecular weight is 246 g/mol. The van der Waals surface area contributed by atoms with Crippen LogP contribution < -0.4 is 10.5 Å². The molecule has 0 aliphatic carbocycles. The van der Waals surface area contributed by atoms with E-state index in [4.69, 9.17) is 10.5 Å². The summed E-state index contributed by atoms with van der Waals surface area (Å²) in [4.78, 5) is 4.22. The highest BCUT2D eigenvalue weighted by Gasteiger charge is 2.09. The molecule has 0 amide bonds. The zero-order valence-electron chi connectivity index (χ0n) is 10.2. The molecule has 4 heteroatoms. The Morgan fingerprint density at radius 3 is 2.78 bits per heavy atom. The van der Waals surface area contributed by atoms with E-state index in [1.54, 1.807) is 30.5 Å². The number of aromatic nitrogens is 1. The maximum absolute atomic E-state index is 13.7. The monoisotopic (exact) mass is 246 g/mol. The van der Waals surface area contributed by atoms with Gasteiger partial charge in [0.15, 0.2) is 0 Å². The number of hydrogen-bond donors (Lipinski definition) is 1. The molecule has 0 atom stereocenters. The first-order valence-corrected chi connectivity index (χ1v) is 5.83. The van der Waals surface area contributed by atoms with Crippen LogP contribution >= 0.6 is 0 Å². The first-order chi connectivity index (χ1) is 8.76. The van der Waals surface area contributed by atoms with Gasteiger partial charge in [-0.1, -0.05) is 12.1 Å². The highest BCUT2D eigenvalue weighted by Crippen LogP contribution is 2.25. The fourth-order valence-electron chi connectivity index (χ4n) is 1.75. The van der Waals surface area contributed by atoms with Gasteiger partial charge in [-0.15, -0.1) is 0 Å². The maximum Gasteiger partial charge on any atom is 0.142 e. The summed E-state index contributed by atoms with van der Waals surface area (Å²) in [5, 5.41) is 0. The van der Waals surface area contributed by atoms with Gasteiger partial charge in [-0.05, 0) is 25.1 Å². The van der Waals surface area contributed by atoms with Crippen LogP contribution in [0.2, 0.25) is 0 Å². The van der Waals surface area contributed by atoms with Gasteiger partial charge in [-0.25, -0.2) is 4.39 Å². The normalized spacial score (nSPS) is 10.4. The quantitative estimate of drug-likeness (QED) is 0.902. The lowest BCUT2D eigenvalue weighted by Crippen LogP contribution is -2.03. The third-order valence-electron chi connectivity index (χ3n) is 2.62. The molecule has 0 radical (unpaired) electrons. The minimum absolute atomic E-state index is 0.294. The summed E-state index contributed by atoms with van der Waals surface area (Å²) in [5.41, 5.74) is 7.52. The van der Waals surface area contributed by atoms with Crippen molar-refractivity contribution in [2.24, 2.45) is 5.73 Å². The lowest BCUT2D eigenvalue weighted by atomic mass is 10.1. The summed E-state index contributed by atoms with van der Waals surface area (Å²) in [7, 11) is 0. The maximum atomic E-state index is 13.7. The molecule has 1 aromatic heterocycles. The molecule has 0 bridgehead atoms. The Hall–Kier alpha value is -1.94. The van der Waals surface area contributed by atoms with E-state index in [2.05, 4.69) is 4.98 Å². The molecule has 0 saturated carbocycles. The Bertz CT molecular complexity index is 543. The largest absolute Gasteiger partial charge is 0.492 e. The number of pyridine rings is 1. The van der Waals surface area contributed by atoms with Crippen molar-refractivity contribution in [2.45, 2.75) is 13.5 Å². The Morgan fingerprint density at radius 2 is 2.11 bits per heavy atom. The smallest absolute Gasteiger partial charge is 0.142 e. The van der Waals surface area contributed by atoms with Crippen LogP contribution in [0.25, 0.3) is 11.3 Å². The van der Waals surface area contributed by atoms with Crippen LogP contribution in [0.3, 0.4) is 0 Å². The average Bonchev–Trinajstić information content (AvgIpc) is 2.40. The minimum Gasteiger partial charge on any atom is -0.492 e. The van der Waals surface area contributed by atoms with Crippen LogP contribution in [0.15, 0.2) is 36.5 Å². The molecule has 0 aliphatic heterocycles. The second-order valence-corrected chi connectivity index (χ2v) is 3.79. The number of halogens is 1. The third kappa shape index (κ3) is 2.49. The number of nitrogens with zero attached hydrogens (tertiary/aromatic N) is 1. The van der Waals surface area contributed by atoms with Crippen molar-refractivity contribution in [3.63, 3.8) is 0 Å². The fraction of sp³-hybridized carbons (Fsp3) is 0.214. The topological polar surface area (TPSA) is 48.1 Å². The van der Waals surface area contributed by atoms with Crippen LogP contribution in [0.4, 0.5) is 4.39 Å². The summed E-state index contributed by atoms with van der Waals surface area (Å²) >= 11 is 0. The van der Waals surface area contributed by atoms with Crippen LogP contribution in [-0.4, -0.2) is 11.6 Å².